The highest BCUT2D eigenvalue weighted by molar-refractivity contribution is 7.46. The standard InChI is InChI=1S/C10H14N5O8P.C9H11NO2.C4H4O2/c11-10-13-7-4(8(18)14-10)12-2-15(7)9-6(17)5(16)3(23-9)1-22-24(19,20)21;10-8(9(11)12)6-7-4-2-1-3-5-7;5-4-2-1-3-6-4/h2-3,5-6,9,16-17H,1H2,(H2,19,20,21)(H3,11,13,14,18);1-5,8H,6,10H2,(H,11,12);1-3,5H/t3-,5-,6-,9-;8-;/m10./s1. The first-order valence-corrected chi connectivity index (χ1v) is 13.5. The Hall–Kier alpha value is -4.13. The van der Waals surface area contributed by atoms with Crippen LogP contribution in [0.2, 0.25) is 0 Å². The summed E-state index contributed by atoms with van der Waals surface area (Å²) in [6, 6.07) is 11.6. The van der Waals surface area contributed by atoms with E-state index in [0.29, 0.717) is 6.42 Å². The number of nitrogens with zero attached hydrogens (tertiary/aromatic N) is 3. The highest BCUT2D eigenvalue weighted by atomic mass is 31.2. The summed E-state index contributed by atoms with van der Waals surface area (Å²) in [5, 5.41) is 36.9. The van der Waals surface area contributed by atoms with Gasteiger partial charge in [-0.1, -0.05) is 30.3 Å². The maximum Gasteiger partial charge on any atom is 0.469 e. The second-order valence-electron chi connectivity index (χ2n) is 8.69. The molecule has 1 saturated heterocycles. The molecule has 11 N–H and O–H groups in total. The Labute approximate surface area is 236 Å². The number of hydrogen-bond acceptors (Lipinski definition) is 13. The number of aromatic nitrogens is 4. The van der Waals surface area contributed by atoms with Gasteiger partial charge in [0.05, 0.1) is 19.2 Å². The molecule has 0 bridgehead atoms. The molecule has 0 amide bonds. The molecule has 0 aliphatic carbocycles. The maximum atomic E-state index is 11.7. The van der Waals surface area contributed by atoms with Gasteiger partial charge in [0, 0.05) is 6.07 Å². The van der Waals surface area contributed by atoms with Gasteiger partial charge in [-0.3, -0.25) is 23.7 Å². The summed E-state index contributed by atoms with van der Waals surface area (Å²) in [5.74, 6) is -1.17. The van der Waals surface area contributed by atoms with E-state index in [1.807, 2.05) is 30.3 Å². The minimum absolute atomic E-state index is 0.0176. The van der Waals surface area contributed by atoms with E-state index >= 15 is 0 Å². The molecule has 19 heteroatoms. The Bertz CT molecular complexity index is 1540. The van der Waals surface area contributed by atoms with Gasteiger partial charge >= 0.3 is 13.8 Å². The van der Waals surface area contributed by atoms with Crippen LogP contribution < -0.4 is 17.0 Å². The van der Waals surface area contributed by atoms with Crippen LogP contribution >= 0.6 is 7.82 Å². The topological polar surface area (TPSA) is 303 Å². The van der Waals surface area contributed by atoms with Gasteiger partial charge < -0.3 is 50.8 Å². The lowest BCUT2D eigenvalue weighted by atomic mass is 10.1. The molecule has 3 aromatic heterocycles. The molecular weight excluding hydrogens is 583 g/mol. The second-order valence-corrected chi connectivity index (χ2v) is 9.93. The number of carboxylic acid groups (broad SMARTS) is 1. The molecule has 0 spiro atoms. The van der Waals surface area contributed by atoms with Crippen LogP contribution in [0.25, 0.3) is 11.2 Å². The number of hydrogen-bond donors (Lipinski definition) is 9. The van der Waals surface area contributed by atoms with Crippen molar-refractivity contribution in [1.82, 2.24) is 19.5 Å². The third kappa shape index (κ3) is 8.93. The average Bonchev–Trinajstić information content (AvgIpc) is 3.64. The summed E-state index contributed by atoms with van der Waals surface area (Å²) in [6.07, 6.45) is -2.42. The summed E-state index contributed by atoms with van der Waals surface area (Å²) in [5.41, 5.74) is 11.1. The average molecular weight is 612 g/mol. The van der Waals surface area contributed by atoms with Crippen molar-refractivity contribution in [3.63, 3.8) is 0 Å². The largest absolute Gasteiger partial charge is 0.481 e. The number of aliphatic carboxylic acids is 1. The molecule has 1 fully saturated rings. The van der Waals surface area contributed by atoms with Crippen LogP contribution in [-0.4, -0.2) is 86.7 Å². The number of imidazole rings is 1. The van der Waals surface area contributed by atoms with Crippen molar-refractivity contribution in [2.45, 2.75) is 37.0 Å². The van der Waals surface area contributed by atoms with Crippen molar-refractivity contribution in [3.8, 4) is 5.95 Å². The molecule has 1 aliphatic rings. The minimum atomic E-state index is -4.76. The van der Waals surface area contributed by atoms with Gasteiger partial charge in [0.1, 0.15) is 24.4 Å². The number of carboxylic acids is 1. The molecule has 5 rings (SSSR count). The predicted molar refractivity (Wildman–Crippen MR) is 143 cm³/mol. The molecule has 0 saturated carbocycles. The number of aromatic amines is 1. The number of phosphoric acid groups is 1. The molecule has 1 aromatic carbocycles. The van der Waals surface area contributed by atoms with Gasteiger partial charge in [-0.25, -0.2) is 9.55 Å². The van der Waals surface area contributed by atoms with Crippen LogP contribution in [0.4, 0.5) is 5.95 Å². The quantitative estimate of drug-likeness (QED) is 0.114. The van der Waals surface area contributed by atoms with E-state index < -0.39 is 56.5 Å². The zero-order chi connectivity index (χ0) is 31.0. The first kappa shape index (κ1) is 32.4. The van der Waals surface area contributed by atoms with Gasteiger partial charge in [-0.05, 0) is 18.1 Å². The molecule has 4 aromatic rings. The van der Waals surface area contributed by atoms with Gasteiger partial charge in [-0.15, -0.1) is 0 Å². The number of furan rings is 1. The van der Waals surface area contributed by atoms with Crippen molar-refractivity contribution in [2.24, 2.45) is 5.73 Å². The summed E-state index contributed by atoms with van der Waals surface area (Å²) in [6.45, 7) is -0.651. The fourth-order valence-electron chi connectivity index (χ4n) is 3.62. The summed E-state index contributed by atoms with van der Waals surface area (Å²) in [4.78, 5) is 49.5. The molecule has 0 radical (unpaired) electrons. The zero-order valence-electron chi connectivity index (χ0n) is 21.6. The van der Waals surface area contributed by atoms with Crippen LogP contribution in [0.5, 0.6) is 5.95 Å². The number of H-pyrrole nitrogens is 1. The molecule has 18 nitrogen and oxygen atoms in total. The SMILES string of the molecule is N[C@@H](Cc1ccccc1)C(=O)O.Nc1nc2c(ncn2[C@@H]2O[C@H](COP(=O)(O)O)[C@@H](O)[C@H]2O)c(=O)[nH]1.Oc1ccco1. The van der Waals surface area contributed by atoms with Crippen molar-refractivity contribution >= 4 is 30.9 Å². The number of rotatable bonds is 7. The second kappa shape index (κ2) is 14.2. The van der Waals surface area contributed by atoms with E-state index in [9.17, 15) is 24.4 Å². The van der Waals surface area contributed by atoms with Crippen LogP contribution in [0.15, 0.2) is 64.3 Å². The monoisotopic (exact) mass is 612 g/mol. The molecular formula is C23H29N6O12P. The Balaban J connectivity index is 0.000000221. The fraction of sp³-hybridized carbons (Fsp3) is 0.304. The van der Waals surface area contributed by atoms with Gasteiger partial charge in [0.25, 0.3) is 11.5 Å². The first-order valence-electron chi connectivity index (χ1n) is 12.0. The van der Waals surface area contributed by atoms with Crippen molar-refractivity contribution in [1.29, 1.82) is 0 Å². The van der Waals surface area contributed by atoms with Crippen LogP contribution in [0, 0.1) is 0 Å². The number of anilines is 1. The van der Waals surface area contributed by atoms with E-state index in [2.05, 4.69) is 23.9 Å². The van der Waals surface area contributed by atoms with Crippen LogP contribution in [0.1, 0.15) is 11.8 Å². The lowest BCUT2D eigenvalue weighted by Crippen LogP contribution is -2.33. The number of phosphoric ester groups is 1. The summed E-state index contributed by atoms with van der Waals surface area (Å²) in [7, 11) is -4.76. The molecule has 1 aliphatic heterocycles. The molecule has 42 heavy (non-hydrogen) atoms. The molecule has 5 atom stereocenters. The number of carbonyl (C=O) groups is 1. The van der Waals surface area contributed by atoms with E-state index in [1.54, 1.807) is 6.07 Å². The van der Waals surface area contributed by atoms with Crippen molar-refractivity contribution < 1.29 is 53.3 Å². The Morgan fingerprint density at radius 2 is 1.86 bits per heavy atom. The van der Waals surface area contributed by atoms with E-state index in [-0.39, 0.29) is 23.1 Å². The minimum Gasteiger partial charge on any atom is -0.481 e. The first-order chi connectivity index (χ1) is 19.8. The van der Waals surface area contributed by atoms with Crippen molar-refractivity contribution in [2.75, 3.05) is 12.3 Å². The number of benzene rings is 1. The third-order valence-corrected chi connectivity index (χ3v) is 6.08. The number of aliphatic hydroxyl groups excluding tert-OH is 2. The number of nitrogens with two attached hydrogens (primary N) is 2. The van der Waals surface area contributed by atoms with E-state index in [0.717, 1.165) is 5.56 Å². The highest BCUT2D eigenvalue weighted by Gasteiger charge is 2.45. The zero-order valence-corrected chi connectivity index (χ0v) is 22.5. The number of ether oxygens (including phenoxy) is 1. The third-order valence-electron chi connectivity index (χ3n) is 5.59. The molecule has 4 heterocycles. The molecule has 228 valence electrons. The van der Waals surface area contributed by atoms with Gasteiger partial charge in [0.15, 0.2) is 17.4 Å². The van der Waals surface area contributed by atoms with E-state index in [1.165, 1.54) is 23.2 Å². The van der Waals surface area contributed by atoms with Crippen LogP contribution in [-0.2, 0) is 25.0 Å². The number of fused-ring (bicyclic) bond motifs is 1. The number of nitrogen functional groups attached to an aromatic ring is 1. The Kier molecular flexibility index (Phi) is 10.9. The van der Waals surface area contributed by atoms with Gasteiger partial charge in [0.2, 0.25) is 5.95 Å². The van der Waals surface area contributed by atoms with Crippen LogP contribution in [0.3, 0.4) is 0 Å². The highest BCUT2D eigenvalue weighted by Crippen LogP contribution is 2.38. The lowest BCUT2D eigenvalue weighted by Gasteiger charge is -2.16. The molecule has 0 unspecified atom stereocenters. The normalized spacial score (nSPS) is 20.7. The lowest BCUT2D eigenvalue weighted by molar-refractivity contribution is -0.138. The van der Waals surface area contributed by atoms with Crippen molar-refractivity contribution in [3.05, 3.63) is 71.0 Å². The number of aliphatic hydroxyl groups is 2. The smallest absolute Gasteiger partial charge is 0.469 e. The number of nitrogens with one attached hydrogen (secondary N) is 1. The summed E-state index contributed by atoms with van der Waals surface area (Å²) >= 11 is 0. The van der Waals surface area contributed by atoms with Gasteiger partial charge in [-0.2, -0.15) is 4.98 Å². The maximum absolute atomic E-state index is 11.7. The van der Waals surface area contributed by atoms with E-state index in [4.69, 9.17) is 36.2 Å². The Morgan fingerprint density at radius 3 is 2.40 bits per heavy atom. The summed E-state index contributed by atoms with van der Waals surface area (Å²) < 4.78 is 26.0. The predicted octanol–water partition coefficient (Wildman–Crippen LogP) is -0.943. The fourth-order valence-corrected chi connectivity index (χ4v) is 3.96. The number of aromatic hydroxyl groups is 1. The Morgan fingerprint density at radius 1 is 1.17 bits per heavy atom.